The highest BCUT2D eigenvalue weighted by atomic mass is 35.5. The maximum atomic E-state index is 12.2. The second-order valence-electron chi connectivity index (χ2n) is 5.86. The second kappa shape index (κ2) is 7.58. The number of carbonyl (C=O) groups is 3. The van der Waals surface area contributed by atoms with E-state index in [1.54, 1.807) is 29.2 Å². The van der Waals surface area contributed by atoms with E-state index in [4.69, 9.17) is 16.3 Å². The molecule has 0 aliphatic carbocycles. The molecule has 26 heavy (non-hydrogen) atoms. The number of carbonyl (C=O) groups excluding carboxylic acids is 3. The molecule has 1 aliphatic heterocycles. The molecule has 1 N–H and O–H groups in total. The third kappa shape index (κ3) is 3.86. The van der Waals surface area contributed by atoms with E-state index in [9.17, 15) is 19.5 Å². The zero-order chi connectivity index (χ0) is 18.7. The van der Waals surface area contributed by atoms with Gasteiger partial charge in [0.15, 0.2) is 12.4 Å². The molecule has 3 rings (SSSR count). The zero-order valence-electron chi connectivity index (χ0n) is 13.8. The van der Waals surface area contributed by atoms with Crippen LogP contribution in [-0.4, -0.2) is 35.9 Å². The molecule has 1 aliphatic rings. The van der Waals surface area contributed by atoms with E-state index in [-0.39, 0.29) is 28.0 Å². The molecule has 0 unspecified atom stereocenters. The maximum absolute atomic E-state index is 12.2. The quantitative estimate of drug-likeness (QED) is 0.642. The van der Waals surface area contributed by atoms with Crippen LogP contribution < -0.4 is 4.90 Å². The maximum Gasteiger partial charge on any atom is 0.342 e. The van der Waals surface area contributed by atoms with Crippen LogP contribution in [0.1, 0.15) is 33.6 Å². The molecule has 2 aromatic rings. The standard InChI is InChI=1S/C19H16ClNO5/c20-13-5-8-16(22)15(10-13)19(25)26-11-17(23)12-3-6-14(7-4-12)21-9-1-2-18(21)24/h3-8,10,22H,1-2,9,11H2. The molecule has 1 fully saturated rings. The summed E-state index contributed by atoms with van der Waals surface area (Å²) in [5.74, 6) is -1.43. The van der Waals surface area contributed by atoms with Crippen molar-refractivity contribution < 1.29 is 24.2 Å². The number of Topliss-reactive ketones (excluding diaryl/α,β-unsaturated/α-hetero) is 1. The first kappa shape index (κ1) is 17.9. The number of benzene rings is 2. The smallest absolute Gasteiger partial charge is 0.342 e. The summed E-state index contributed by atoms with van der Waals surface area (Å²) in [6.07, 6.45) is 1.36. The SMILES string of the molecule is O=C(COC(=O)c1cc(Cl)ccc1O)c1ccc(N2CCCC2=O)cc1. The molecule has 6 nitrogen and oxygen atoms in total. The first-order valence-electron chi connectivity index (χ1n) is 8.05. The van der Waals surface area contributed by atoms with E-state index < -0.39 is 12.6 Å². The topological polar surface area (TPSA) is 83.9 Å². The summed E-state index contributed by atoms with van der Waals surface area (Å²) < 4.78 is 4.96. The predicted octanol–water partition coefficient (Wildman–Crippen LogP) is 3.21. The van der Waals surface area contributed by atoms with Gasteiger partial charge in [-0.2, -0.15) is 0 Å². The van der Waals surface area contributed by atoms with Crippen LogP contribution in [0.25, 0.3) is 0 Å². The van der Waals surface area contributed by atoms with Crippen molar-refractivity contribution in [1.29, 1.82) is 0 Å². The van der Waals surface area contributed by atoms with Gasteiger partial charge in [0.1, 0.15) is 11.3 Å². The van der Waals surface area contributed by atoms with Crippen LogP contribution in [-0.2, 0) is 9.53 Å². The summed E-state index contributed by atoms with van der Waals surface area (Å²) in [5, 5.41) is 9.94. The highest BCUT2D eigenvalue weighted by molar-refractivity contribution is 6.31. The summed E-state index contributed by atoms with van der Waals surface area (Å²) in [7, 11) is 0. The van der Waals surface area contributed by atoms with Crippen molar-refractivity contribution in [2.24, 2.45) is 0 Å². The fourth-order valence-electron chi connectivity index (χ4n) is 2.71. The molecule has 0 radical (unpaired) electrons. The molecule has 1 heterocycles. The molecular weight excluding hydrogens is 358 g/mol. The summed E-state index contributed by atoms with van der Waals surface area (Å²) in [6.45, 7) is 0.208. The van der Waals surface area contributed by atoms with Gasteiger partial charge in [0.2, 0.25) is 5.91 Å². The average molecular weight is 374 g/mol. The molecule has 2 aromatic carbocycles. The van der Waals surface area contributed by atoms with E-state index in [1.807, 2.05) is 0 Å². The Labute approximate surface area is 154 Å². The van der Waals surface area contributed by atoms with Crippen LogP contribution in [0.4, 0.5) is 5.69 Å². The Bertz CT molecular complexity index is 863. The summed E-state index contributed by atoms with van der Waals surface area (Å²) >= 11 is 5.78. The van der Waals surface area contributed by atoms with E-state index >= 15 is 0 Å². The Morgan fingerprint density at radius 3 is 2.54 bits per heavy atom. The second-order valence-corrected chi connectivity index (χ2v) is 6.29. The molecule has 1 amide bonds. The van der Waals surface area contributed by atoms with Crippen LogP contribution >= 0.6 is 11.6 Å². The predicted molar refractivity (Wildman–Crippen MR) is 95.8 cm³/mol. The Morgan fingerprint density at radius 2 is 1.88 bits per heavy atom. The van der Waals surface area contributed by atoms with Crippen molar-refractivity contribution in [3.63, 3.8) is 0 Å². The minimum atomic E-state index is -0.836. The van der Waals surface area contributed by atoms with Gasteiger partial charge in [0, 0.05) is 29.2 Å². The van der Waals surface area contributed by atoms with Crippen molar-refractivity contribution in [2.75, 3.05) is 18.1 Å². The number of rotatable bonds is 5. The number of anilines is 1. The van der Waals surface area contributed by atoms with Crippen LogP contribution in [0.3, 0.4) is 0 Å². The molecule has 1 saturated heterocycles. The van der Waals surface area contributed by atoms with E-state index in [1.165, 1.54) is 18.2 Å². The fraction of sp³-hybridized carbons (Fsp3) is 0.211. The van der Waals surface area contributed by atoms with Crippen molar-refractivity contribution >= 4 is 34.9 Å². The van der Waals surface area contributed by atoms with Gasteiger partial charge in [-0.15, -0.1) is 0 Å². The van der Waals surface area contributed by atoms with Crippen LogP contribution in [0.5, 0.6) is 5.75 Å². The van der Waals surface area contributed by atoms with Crippen LogP contribution in [0, 0.1) is 0 Å². The van der Waals surface area contributed by atoms with Gasteiger partial charge in [-0.3, -0.25) is 9.59 Å². The number of hydrogen-bond donors (Lipinski definition) is 1. The summed E-state index contributed by atoms with van der Waals surface area (Å²) in [4.78, 5) is 37.6. The lowest BCUT2D eigenvalue weighted by atomic mass is 10.1. The fourth-order valence-corrected chi connectivity index (χ4v) is 2.88. The number of nitrogens with zero attached hydrogens (tertiary/aromatic N) is 1. The molecular formula is C19H16ClNO5. The molecule has 0 bridgehead atoms. The summed E-state index contributed by atoms with van der Waals surface area (Å²) in [5.41, 5.74) is 1.00. The van der Waals surface area contributed by atoms with Gasteiger partial charge in [-0.1, -0.05) is 11.6 Å². The minimum absolute atomic E-state index is 0.0688. The average Bonchev–Trinajstić information content (AvgIpc) is 3.07. The lowest BCUT2D eigenvalue weighted by molar-refractivity contribution is -0.117. The van der Waals surface area contributed by atoms with Crippen LogP contribution in [0.2, 0.25) is 5.02 Å². The van der Waals surface area contributed by atoms with Gasteiger partial charge in [0.05, 0.1) is 0 Å². The van der Waals surface area contributed by atoms with Crippen molar-refractivity contribution in [3.8, 4) is 5.75 Å². The number of ketones is 1. The number of amides is 1. The van der Waals surface area contributed by atoms with Gasteiger partial charge in [-0.25, -0.2) is 4.79 Å². The third-order valence-corrected chi connectivity index (χ3v) is 4.32. The Balaban J connectivity index is 1.62. The Kier molecular flexibility index (Phi) is 5.23. The number of aromatic hydroxyl groups is 1. The van der Waals surface area contributed by atoms with Crippen molar-refractivity contribution in [1.82, 2.24) is 0 Å². The van der Waals surface area contributed by atoms with Crippen molar-refractivity contribution in [3.05, 3.63) is 58.6 Å². The molecule has 7 heteroatoms. The Hall–Kier alpha value is -2.86. The normalized spacial score (nSPS) is 13.7. The largest absolute Gasteiger partial charge is 0.507 e. The summed E-state index contributed by atoms with van der Waals surface area (Å²) in [6, 6.07) is 10.6. The van der Waals surface area contributed by atoms with Crippen LogP contribution in [0.15, 0.2) is 42.5 Å². The molecule has 0 atom stereocenters. The number of ether oxygens (including phenoxy) is 1. The molecule has 0 saturated carbocycles. The number of phenolic OH excluding ortho intramolecular Hbond substituents is 1. The lowest BCUT2D eigenvalue weighted by Gasteiger charge is -2.15. The minimum Gasteiger partial charge on any atom is -0.507 e. The molecule has 0 spiro atoms. The Morgan fingerprint density at radius 1 is 1.15 bits per heavy atom. The van der Waals surface area contributed by atoms with Gasteiger partial charge >= 0.3 is 5.97 Å². The number of phenols is 1. The van der Waals surface area contributed by atoms with Gasteiger partial charge < -0.3 is 14.7 Å². The van der Waals surface area contributed by atoms with E-state index in [0.717, 1.165) is 12.1 Å². The third-order valence-electron chi connectivity index (χ3n) is 4.09. The van der Waals surface area contributed by atoms with Gasteiger partial charge in [-0.05, 0) is 48.9 Å². The zero-order valence-corrected chi connectivity index (χ0v) is 14.5. The highest BCUT2D eigenvalue weighted by Crippen LogP contribution is 2.23. The monoisotopic (exact) mass is 373 g/mol. The van der Waals surface area contributed by atoms with Gasteiger partial charge in [0.25, 0.3) is 0 Å². The lowest BCUT2D eigenvalue weighted by Crippen LogP contribution is -2.23. The number of hydrogen-bond acceptors (Lipinski definition) is 5. The molecule has 0 aromatic heterocycles. The van der Waals surface area contributed by atoms with E-state index in [2.05, 4.69) is 0 Å². The number of esters is 1. The van der Waals surface area contributed by atoms with E-state index in [0.29, 0.717) is 18.5 Å². The molecule has 134 valence electrons. The number of halogens is 1. The highest BCUT2D eigenvalue weighted by Gasteiger charge is 2.22. The first-order valence-corrected chi connectivity index (χ1v) is 8.43. The first-order chi connectivity index (χ1) is 12.5. The van der Waals surface area contributed by atoms with Crippen molar-refractivity contribution in [2.45, 2.75) is 12.8 Å².